The number of nitrogens with zero attached hydrogens (tertiary/aromatic N) is 1. The molecule has 0 aliphatic rings. The molecule has 0 radical (unpaired) electrons. The Labute approximate surface area is 201 Å². The van der Waals surface area contributed by atoms with Crippen molar-refractivity contribution in [1.82, 2.24) is 10.2 Å². The molecule has 0 saturated heterocycles. The molecule has 2 aromatic rings. The fraction of sp³-hybridized carbons (Fsp3) is 0.423. The number of hydrogen-bond donors (Lipinski definition) is 2. The number of nitrogens with one attached hydrogen (secondary N) is 2. The summed E-state index contributed by atoms with van der Waals surface area (Å²) in [6, 6.07) is 11.9. The Morgan fingerprint density at radius 3 is 2.24 bits per heavy atom. The highest BCUT2D eigenvalue weighted by molar-refractivity contribution is 5.98. The normalized spacial score (nSPS) is 11.9. The van der Waals surface area contributed by atoms with Crippen LogP contribution in [0.4, 0.5) is 10.5 Å². The van der Waals surface area contributed by atoms with Gasteiger partial charge in [-0.3, -0.25) is 9.59 Å². The lowest BCUT2D eigenvalue weighted by atomic mass is 9.96. The van der Waals surface area contributed by atoms with Gasteiger partial charge in [0.1, 0.15) is 23.9 Å². The lowest BCUT2D eigenvalue weighted by molar-refractivity contribution is -0.138. The SMILES string of the molecule is CCN(C(=O)CNC(=O)OC(C)(C)C)C(C(=O)Nc1ccc(OC)cc1)c1cc(C)ccc1C. The first-order valence-electron chi connectivity index (χ1n) is 11.2. The van der Waals surface area contributed by atoms with Crippen molar-refractivity contribution in [3.8, 4) is 5.75 Å². The maximum absolute atomic E-state index is 13.5. The number of carbonyl (C=O) groups is 3. The number of aryl methyl sites for hydroxylation is 2. The van der Waals surface area contributed by atoms with E-state index in [2.05, 4.69) is 10.6 Å². The molecule has 0 aromatic heterocycles. The van der Waals surface area contributed by atoms with Crippen LogP contribution in [0.3, 0.4) is 0 Å². The molecule has 0 aliphatic heterocycles. The Morgan fingerprint density at radius 1 is 1.03 bits per heavy atom. The molecule has 0 spiro atoms. The van der Waals surface area contributed by atoms with Crippen LogP contribution in [0.2, 0.25) is 0 Å². The van der Waals surface area contributed by atoms with Crippen LogP contribution in [0.15, 0.2) is 42.5 Å². The molecule has 0 bridgehead atoms. The third-order valence-corrected chi connectivity index (χ3v) is 5.09. The molecule has 2 N–H and O–H groups in total. The van der Waals surface area contributed by atoms with Crippen molar-refractivity contribution < 1.29 is 23.9 Å². The highest BCUT2D eigenvalue weighted by atomic mass is 16.6. The predicted octanol–water partition coefficient (Wildman–Crippen LogP) is 4.37. The Kier molecular flexibility index (Phi) is 9.06. The van der Waals surface area contributed by atoms with Gasteiger partial charge in [0.15, 0.2) is 0 Å². The zero-order valence-corrected chi connectivity index (χ0v) is 21.0. The van der Waals surface area contributed by atoms with E-state index in [9.17, 15) is 14.4 Å². The molecule has 0 fully saturated rings. The summed E-state index contributed by atoms with van der Waals surface area (Å²) in [7, 11) is 1.57. The maximum Gasteiger partial charge on any atom is 0.408 e. The van der Waals surface area contributed by atoms with Crippen LogP contribution in [0, 0.1) is 13.8 Å². The number of benzene rings is 2. The van der Waals surface area contributed by atoms with Crippen molar-refractivity contribution in [3.63, 3.8) is 0 Å². The molecule has 2 rings (SSSR count). The van der Waals surface area contributed by atoms with E-state index in [1.807, 2.05) is 32.0 Å². The largest absolute Gasteiger partial charge is 0.497 e. The lowest BCUT2D eigenvalue weighted by Gasteiger charge is -2.31. The zero-order chi connectivity index (χ0) is 25.5. The van der Waals surface area contributed by atoms with Gasteiger partial charge in [-0.05, 0) is 76.9 Å². The van der Waals surface area contributed by atoms with Gasteiger partial charge in [0.2, 0.25) is 5.91 Å². The number of methoxy groups -OCH3 is 1. The fourth-order valence-electron chi connectivity index (χ4n) is 3.46. The van der Waals surface area contributed by atoms with E-state index < -0.39 is 23.6 Å². The van der Waals surface area contributed by atoms with Crippen LogP contribution in [0.5, 0.6) is 5.75 Å². The molecule has 34 heavy (non-hydrogen) atoms. The van der Waals surface area contributed by atoms with Gasteiger partial charge in [-0.2, -0.15) is 0 Å². The molecule has 2 aromatic carbocycles. The summed E-state index contributed by atoms with van der Waals surface area (Å²) in [5, 5.41) is 5.39. The van der Waals surface area contributed by atoms with Crippen LogP contribution < -0.4 is 15.4 Å². The van der Waals surface area contributed by atoms with Gasteiger partial charge in [0.25, 0.3) is 5.91 Å². The summed E-state index contributed by atoms with van der Waals surface area (Å²) in [5.41, 5.74) is 2.47. The van der Waals surface area contributed by atoms with E-state index in [1.165, 1.54) is 4.90 Å². The minimum Gasteiger partial charge on any atom is -0.497 e. The standard InChI is InChI=1S/C26H35N3O5/c1-8-29(22(30)16-27-25(32)34-26(4,5)6)23(21-15-17(2)9-10-18(21)3)24(31)28-19-11-13-20(33-7)14-12-19/h9-15,23H,8,16H2,1-7H3,(H,27,32)(H,28,31). The van der Waals surface area contributed by atoms with Gasteiger partial charge in [-0.15, -0.1) is 0 Å². The fourth-order valence-corrected chi connectivity index (χ4v) is 3.46. The van der Waals surface area contributed by atoms with Crippen LogP contribution in [-0.2, 0) is 14.3 Å². The topological polar surface area (TPSA) is 97.0 Å². The number of hydrogen-bond acceptors (Lipinski definition) is 5. The van der Waals surface area contributed by atoms with Gasteiger partial charge in [-0.25, -0.2) is 4.79 Å². The molecular formula is C26H35N3O5. The molecule has 8 heteroatoms. The first-order valence-corrected chi connectivity index (χ1v) is 11.2. The number of anilines is 1. The van der Waals surface area contributed by atoms with Crippen LogP contribution in [0.25, 0.3) is 0 Å². The number of amides is 3. The number of likely N-dealkylation sites (N-methyl/N-ethyl adjacent to an activating group) is 1. The van der Waals surface area contributed by atoms with E-state index in [-0.39, 0.29) is 19.0 Å². The second-order valence-corrected chi connectivity index (χ2v) is 9.02. The average Bonchev–Trinajstić information content (AvgIpc) is 2.77. The minimum absolute atomic E-state index is 0.267. The van der Waals surface area contributed by atoms with Gasteiger partial charge in [0.05, 0.1) is 7.11 Å². The number of rotatable bonds is 8. The number of ether oxygens (including phenoxy) is 2. The van der Waals surface area contributed by atoms with Crippen molar-refractivity contribution in [2.75, 3.05) is 25.5 Å². The summed E-state index contributed by atoms with van der Waals surface area (Å²) in [5.74, 6) is -0.0851. The quantitative estimate of drug-likeness (QED) is 0.599. The number of carbonyl (C=O) groups excluding carboxylic acids is 3. The van der Waals surface area contributed by atoms with E-state index >= 15 is 0 Å². The second-order valence-electron chi connectivity index (χ2n) is 9.02. The summed E-state index contributed by atoms with van der Waals surface area (Å²) in [6.45, 7) is 10.8. The lowest BCUT2D eigenvalue weighted by Crippen LogP contribution is -2.46. The monoisotopic (exact) mass is 469 g/mol. The third kappa shape index (κ3) is 7.50. The van der Waals surface area contributed by atoms with E-state index in [0.717, 1.165) is 16.7 Å². The van der Waals surface area contributed by atoms with Crippen molar-refractivity contribution in [2.45, 2.75) is 53.2 Å². The van der Waals surface area contributed by atoms with Crippen LogP contribution in [-0.4, -0.2) is 48.6 Å². The average molecular weight is 470 g/mol. The summed E-state index contributed by atoms with van der Waals surface area (Å²) < 4.78 is 10.4. The molecule has 0 saturated carbocycles. The van der Waals surface area contributed by atoms with E-state index in [4.69, 9.17) is 9.47 Å². The highest BCUT2D eigenvalue weighted by Gasteiger charge is 2.32. The Morgan fingerprint density at radius 2 is 1.68 bits per heavy atom. The molecule has 3 amide bonds. The predicted molar refractivity (Wildman–Crippen MR) is 132 cm³/mol. The van der Waals surface area contributed by atoms with Crippen molar-refractivity contribution in [2.24, 2.45) is 0 Å². The minimum atomic E-state index is -0.889. The molecule has 1 unspecified atom stereocenters. The molecular weight excluding hydrogens is 434 g/mol. The number of alkyl carbamates (subject to hydrolysis) is 1. The third-order valence-electron chi connectivity index (χ3n) is 5.09. The first kappa shape index (κ1) is 26.7. The van der Waals surface area contributed by atoms with Crippen molar-refractivity contribution in [1.29, 1.82) is 0 Å². The van der Waals surface area contributed by atoms with Crippen LogP contribution in [0.1, 0.15) is 50.4 Å². The Bertz CT molecular complexity index is 1010. The Balaban J connectivity index is 2.32. The molecule has 1 atom stereocenters. The summed E-state index contributed by atoms with van der Waals surface area (Å²) in [6.07, 6.45) is -0.692. The summed E-state index contributed by atoms with van der Waals surface area (Å²) in [4.78, 5) is 40.2. The molecule has 0 heterocycles. The smallest absolute Gasteiger partial charge is 0.408 e. The molecule has 184 valence electrons. The van der Waals surface area contributed by atoms with Crippen LogP contribution >= 0.6 is 0 Å². The zero-order valence-electron chi connectivity index (χ0n) is 21.0. The van der Waals surface area contributed by atoms with Crippen molar-refractivity contribution in [3.05, 3.63) is 59.2 Å². The molecule has 0 aliphatic carbocycles. The van der Waals surface area contributed by atoms with E-state index in [1.54, 1.807) is 59.1 Å². The van der Waals surface area contributed by atoms with E-state index in [0.29, 0.717) is 11.4 Å². The Hall–Kier alpha value is -3.55. The van der Waals surface area contributed by atoms with Gasteiger partial charge in [0, 0.05) is 12.2 Å². The van der Waals surface area contributed by atoms with Gasteiger partial charge >= 0.3 is 6.09 Å². The van der Waals surface area contributed by atoms with Gasteiger partial charge < -0.3 is 25.0 Å². The van der Waals surface area contributed by atoms with Crippen molar-refractivity contribution >= 4 is 23.6 Å². The highest BCUT2D eigenvalue weighted by Crippen LogP contribution is 2.27. The molecule has 8 nitrogen and oxygen atoms in total. The summed E-state index contributed by atoms with van der Waals surface area (Å²) >= 11 is 0. The maximum atomic E-state index is 13.5. The van der Waals surface area contributed by atoms with Gasteiger partial charge in [-0.1, -0.05) is 23.8 Å². The second kappa shape index (κ2) is 11.5. The first-order chi connectivity index (χ1) is 15.9.